The molecule has 0 radical (unpaired) electrons. The molecular weight excluding hydrogens is 196 g/mol. The molecule has 0 saturated heterocycles. The Morgan fingerprint density at radius 1 is 1.38 bits per heavy atom. The smallest absolute Gasteiger partial charge is 0.111 e. The molecule has 88 valence electrons. The molecule has 3 unspecified atom stereocenters. The van der Waals surface area contributed by atoms with Crippen molar-refractivity contribution >= 4 is 0 Å². The molecule has 1 aromatic heterocycles. The van der Waals surface area contributed by atoms with Gasteiger partial charge in [-0.2, -0.15) is 0 Å². The first-order valence-electron chi connectivity index (χ1n) is 6.75. The molecule has 2 heteroatoms. The van der Waals surface area contributed by atoms with Gasteiger partial charge in [0.15, 0.2) is 0 Å². The van der Waals surface area contributed by atoms with Gasteiger partial charge in [-0.1, -0.05) is 20.3 Å². The summed E-state index contributed by atoms with van der Waals surface area (Å²) in [7, 11) is 0. The molecule has 0 aromatic carbocycles. The number of fused-ring (bicyclic) bond motifs is 2. The number of hydrogen-bond acceptors (Lipinski definition) is 1. The molecular formula is C14H22N2. The average Bonchev–Trinajstić information content (AvgIpc) is 2.91. The van der Waals surface area contributed by atoms with E-state index in [1.165, 1.54) is 38.1 Å². The standard InChI is InChI=1S/C14H22N2/c1-10(2)14-15-5-6-16(14)9-13-8-11-3-4-12(13)7-11/h5-6,10-13H,3-4,7-9H2,1-2H3. The van der Waals surface area contributed by atoms with Crippen LogP contribution in [0.3, 0.4) is 0 Å². The fraction of sp³-hybridized carbons (Fsp3) is 0.786. The monoisotopic (exact) mass is 218 g/mol. The second-order valence-electron chi connectivity index (χ2n) is 6.03. The van der Waals surface area contributed by atoms with E-state index in [2.05, 4.69) is 29.6 Å². The van der Waals surface area contributed by atoms with Gasteiger partial charge in [0.1, 0.15) is 5.82 Å². The minimum atomic E-state index is 0.550. The Morgan fingerprint density at radius 3 is 2.88 bits per heavy atom. The van der Waals surface area contributed by atoms with Crippen LogP contribution in [0.4, 0.5) is 0 Å². The normalized spacial score (nSPS) is 32.8. The van der Waals surface area contributed by atoms with Gasteiger partial charge in [0, 0.05) is 24.9 Å². The molecule has 3 rings (SSSR count). The number of nitrogens with zero attached hydrogens (tertiary/aromatic N) is 2. The maximum Gasteiger partial charge on any atom is 0.111 e. The predicted octanol–water partition coefficient (Wildman–Crippen LogP) is 3.44. The Hall–Kier alpha value is -0.790. The van der Waals surface area contributed by atoms with Gasteiger partial charge < -0.3 is 4.57 Å². The zero-order valence-corrected chi connectivity index (χ0v) is 10.4. The lowest BCUT2D eigenvalue weighted by Crippen LogP contribution is -2.18. The van der Waals surface area contributed by atoms with Crippen molar-refractivity contribution < 1.29 is 0 Å². The van der Waals surface area contributed by atoms with Crippen LogP contribution in [0, 0.1) is 17.8 Å². The highest BCUT2D eigenvalue weighted by molar-refractivity contribution is 4.99. The lowest BCUT2D eigenvalue weighted by atomic mass is 9.89. The summed E-state index contributed by atoms with van der Waals surface area (Å²) in [4.78, 5) is 4.48. The van der Waals surface area contributed by atoms with E-state index in [9.17, 15) is 0 Å². The van der Waals surface area contributed by atoms with E-state index in [1.54, 1.807) is 0 Å². The maximum atomic E-state index is 4.48. The van der Waals surface area contributed by atoms with E-state index >= 15 is 0 Å². The molecule has 2 bridgehead atoms. The van der Waals surface area contributed by atoms with Crippen molar-refractivity contribution in [1.82, 2.24) is 9.55 Å². The topological polar surface area (TPSA) is 17.8 Å². The van der Waals surface area contributed by atoms with Gasteiger partial charge in [0.25, 0.3) is 0 Å². The summed E-state index contributed by atoms with van der Waals surface area (Å²) >= 11 is 0. The van der Waals surface area contributed by atoms with Crippen LogP contribution in [-0.2, 0) is 6.54 Å². The highest BCUT2D eigenvalue weighted by Gasteiger charge is 2.39. The van der Waals surface area contributed by atoms with E-state index in [-0.39, 0.29) is 0 Å². The first-order valence-corrected chi connectivity index (χ1v) is 6.75. The highest BCUT2D eigenvalue weighted by atomic mass is 15.1. The lowest BCUT2D eigenvalue weighted by Gasteiger charge is -2.23. The molecule has 2 aliphatic rings. The van der Waals surface area contributed by atoms with Crippen LogP contribution in [0.2, 0.25) is 0 Å². The molecule has 0 amide bonds. The molecule has 2 saturated carbocycles. The summed E-state index contributed by atoms with van der Waals surface area (Å²) in [5.41, 5.74) is 0. The molecule has 1 aromatic rings. The van der Waals surface area contributed by atoms with Crippen molar-refractivity contribution in [2.45, 2.75) is 52.0 Å². The second-order valence-corrected chi connectivity index (χ2v) is 6.03. The largest absolute Gasteiger partial charge is 0.334 e. The van der Waals surface area contributed by atoms with Gasteiger partial charge in [-0.05, 0) is 37.0 Å². The van der Waals surface area contributed by atoms with Crippen molar-refractivity contribution in [3.8, 4) is 0 Å². The van der Waals surface area contributed by atoms with Crippen molar-refractivity contribution in [3.05, 3.63) is 18.2 Å². The van der Waals surface area contributed by atoms with Crippen molar-refractivity contribution in [3.63, 3.8) is 0 Å². The molecule has 2 fully saturated rings. The lowest BCUT2D eigenvalue weighted by molar-refractivity contribution is 0.292. The van der Waals surface area contributed by atoms with E-state index in [0.29, 0.717) is 5.92 Å². The molecule has 16 heavy (non-hydrogen) atoms. The minimum absolute atomic E-state index is 0.550. The molecule has 0 N–H and O–H groups in total. The van der Waals surface area contributed by atoms with Crippen LogP contribution in [0.25, 0.3) is 0 Å². The molecule has 3 atom stereocenters. The van der Waals surface area contributed by atoms with Crippen molar-refractivity contribution in [1.29, 1.82) is 0 Å². The van der Waals surface area contributed by atoms with Crippen LogP contribution in [0.1, 0.15) is 51.3 Å². The fourth-order valence-electron chi connectivity index (χ4n) is 3.83. The van der Waals surface area contributed by atoms with E-state index < -0.39 is 0 Å². The zero-order chi connectivity index (χ0) is 11.1. The van der Waals surface area contributed by atoms with Crippen LogP contribution < -0.4 is 0 Å². The number of aromatic nitrogens is 2. The van der Waals surface area contributed by atoms with Gasteiger partial charge in [-0.15, -0.1) is 0 Å². The van der Waals surface area contributed by atoms with Gasteiger partial charge in [0.2, 0.25) is 0 Å². The zero-order valence-electron chi connectivity index (χ0n) is 10.4. The summed E-state index contributed by atoms with van der Waals surface area (Å²) in [6.07, 6.45) is 10.1. The summed E-state index contributed by atoms with van der Waals surface area (Å²) in [5, 5.41) is 0. The summed E-state index contributed by atoms with van der Waals surface area (Å²) in [6, 6.07) is 0. The Labute approximate surface area is 98.1 Å². The average molecular weight is 218 g/mol. The molecule has 0 aliphatic heterocycles. The number of imidazole rings is 1. The first-order chi connectivity index (χ1) is 7.74. The Kier molecular flexibility index (Phi) is 2.53. The third-order valence-corrected chi connectivity index (χ3v) is 4.58. The van der Waals surface area contributed by atoms with Crippen LogP contribution in [-0.4, -0.2) is 9.55 Å². The molecule has 2 nitrogen and oxygen atoms in total. The van der Waals surface area contributed by atoms with E-state index in [0.717, 1.165) is 17.8 Å². The van der Waals surface area contributed by atoms with E-state index in [4.69, 9.17) is 0 Å². The SMILES string of the molecule is CC(C)c1nccn1CC1CC2CCC1C2. The number of rotatable bonds is 3. The summed E-state index contributed by atoms with van der Waals surface area (Å²) < 4.78 is 2.40. The summed E-state index contributed by atoms with van der Waals surface area (Å²) in [6.45, 7) is 5.69. The quantitative estimate of drug-likeness (QED) is 0.760. The minimum Gasteiger partial charge on any atom is -0.334 e. The van der Waals surface area contributed by atoms with Gasteiger partial charge >= 0.3 is 0 Å². The van der Waals surface area contributed by atoms with Crippen molar-refractivity contribution in [2.75, 3.05) is 0 Å². The Morgan fingerprint density at radius 2 is 2.25 bits per heavy atom. The van der Waals surface area contributed by atoms with Gasteiger partial charge in [-0.25, -0.2) is 4.98 Å². The Bertz CT molecular complexity index is 367. The van der Waals surface area contributed by atoms with E-state index in [1.807, 2.05) is 6.20 Å². The van der Waals surface area contributed by atoms with Crippen LogP contribution >= 0.6 is 0 Å². The third kappa shape index (κ3) is 1.68. The summed E-state index contributed by atoms with van der Waals surface area (Å²) in [5.74, 6) is 4.83. The predicted molar refractivity (Wildman–Crippen MR) is 65.3 cm³/mol. The first kappa shape index (κ1) is 10.4. The maximum absolute atomic E-state index is 4.48. The van der Waals surface area contributed by atoms with Gasteiger partial charge in [-0.3, -0.25) is 0 Å². The highest BCUT2D eigenvalue weighted by Crippen LogP contribution is 2.48. The van der Waals surface area contributed by atoms with Crippen LogP contribution in [0.5, 0.6) is 0 Å². The molecule has 2 aliphatic carbocycles. The fourth-order valence-corrected chi connectivity index (χ4v) is 3.83. The second kappa shape index (κ2) is 3.90. The van der Waals surface area contributed by atoms with Gasteiger partial charge in [0.05, 0.1) is 0 Å². The third-order valence-electron chi connectivity index (χ3n) is 4.58. The Balaban J connectivity index is 1.72. The van der Waals surface area contributed by atoms with Crippen molar-refractivity contribution in [2.24, 2.45) is 17.8 Å². The molecule has 1 heterocycles. The van der Waals surface area contributed by atoms with Crippen LogP contribution in [0.15, 0.2) is 12.4 Å². The molecule has 0 spiro atoms. The number of hydrogen-bond donors (Lipinski definition) is 0.